The molecule has 2 unspecified atom stereocenters. The Labute approximate surface area is 113 Å². The first-order valence-corrected chi connectivity index (χ1v) is 7.97. The maximum atomic E-state index is 12.7. The van der Waals surface area contributed by atoms with E-state index in [0.717, 1.165) is 6.42 Å². The SMILES string of the molecule is Cc1[nH]nc(CCl)c1S(=O)(=O)N1CC(C)CC1C. The van der Waals surface area contributed by atoms with Crippen LogP contribution in [0, 0.1) is 12.8 Å². The summed E-state index contributed by atoms with van der Waals surface area (Å²) in [6.45, 7) is 6.28. The number of H-pyrrole nitrogens is 1. The lowest BCUT2D eigenvalue weighted by atomic mass is 10.1. The van der Waals surface area contributed by atoms with Crippen LogP contribution in [0.25, 0.3) is 0 Å². The molecular weight excluding hydrogens is 274 g/mol. The fourth-order valence-corrected chi connectivity index (χ4v) is 4.98. The average molecular weight is 292 g/mol. The Morgan fingerprint density at radius 2 is 2.17 bits per heavy atom. The third-order valence-corrected chi connectivity index (χ3v) is 5.82. The molecule has 2 heterocycles. The molecule has 0 aromatic carbocycles. The molecule has 18 heavy (non-hydrogen) atoms. The predicted octanol–water partition coefficient (Wildman–Crippen LogP) is 1.88. The van der Waals surface area contributed by atoms with Gasteiger partial charge in [-0.15, -0.1) is 11.6 Å². The van der Waals surface area contributed by atoms with Crippen molar-refractivity contribution in [3.8, 4) is 0 Å². The Morgan fingerprint density at radius 1 is 1.50 bits per heavy atom. The van der Waals surface area contributed by atoms with Crippen molar-refractivity contribution in [3.05, 3.63) is 11.4 Å². The van der Waals surface area contributed by atoms with Gasteiger partial charge in [-0.2, -0.15) is 9.40 Å². The summed E-state index contributed by atoms with van der Waals surface area (Å²) in [4.78, 5) is 0.249. The first-order valence-electron chi connectivity index (χ1n) is 5.99. The number of aromatic amines is 1. The fourth-order valence-electron chi connectivity index (χ4n) is 2.62. The number of nitrogens with one attached hydrogen (secondary N) is 1. The molecule has 0 radical (unpaired) electrons. The van der Waals surface area contributed by atoms with E-state index in [9.17, 15) is 8.42 Å². The Bertz CT molecular complexity index is 540. The highest BCUT2D eigenvalue weighted by Gasteiger charge is 2.38. The molecule has 1 N–H and O–H groups in total. The quantitative estimate of drug-likeness (QED) is 0.865. The minimum Gasteiger partial charge on any atom is -0.281 e. The molecule has 2 rings (SSSR count). The zero-order valence-corrected chi connectivity index (χ0v) is 12.3. The van der Waals surface area contributed by atoms with Crippen molar-refractivity contribution in [2.75, 3.05) is 6.54 Å². The van der Waals surface area contributed by atoms with Crippen molar-refractivity contribution >= 4 is 21.6 Å². The number of hydrogen-bond acceptors (Lipinski definition) is 3. The summed E-state index contributed by atoms with van der Waals surface area (Å²) < 4.78 is 26.9. The molecule has 1 aliphatic heterocycles. The van der Waals surface area contributed by atoms with E-state index in [2.05, 4.69) is 17.1 Å². The van der Waals surface area contributed by atoms with Crippen molar-refractivity contribution in [1.29, 1.82) is 0 Å². The molecule has 1 fully saturated rings. The van der Waals surface area contributed by atoms with E-state index < -0.39 is 10.0 Å². The van der Waals surface area contributed by atoms with Gasteiger partial charge in [-0.25, -0.2) is 8.42 Å². The monoisotopic (exact) mass is 291 g/mol. The molecule has 0 saturated carbocycles. The fraction of sp³-hybridized carbons (Fsp3) is 0.727. The molecule has 1 aromatic heterocycles. The number of rotatable bonds is 3. The summed E-state index contributed by atoms with van der Waals surface area (Å²) in [6.07, 6.45) is 0.895. The average Bonchev–Trinajstić information content (AvgIpc) is 2.82. The molecule has 7 heteroatoms. The van der Waals surface area contributed by atoms with Crippen LogP contribution >= 0.6 is 11.6 Å². The predicted molar refractivity (Wildman–Crippen MR) is 70.0 cm³/mol. The number of hydrogen-bond donors (Lipinski definition) is 1. The van der Waals surface area contributed by atoms with Gasteiger partial charge in [0.2, 0.25) is 10.0 Å². The summed E-state index contributed by atoms with van der Waals surface area (Å²) >= 11 is 5.76. The lowest BCUT2D eigenvalue weighted by Gasteiger charge is -2.21. The summed E-state index contributed by atoms with van der Waals surface area (Å²) in [5.74, 6) is 0.484. The van der Waals surface area contributed by atoms with Crippen LogP contribution in [-0.2, 0) is 15.9 Å². The molecule has 5 nitrogen and oxygen atoms in total. The van der Waals surface area contributed by atoms with Gasteiger partial charge in [0.1, 0.15) is 4.90 Å². The van der Waals surface area contributed by atoms with Crippen molar-refractivity contribution in [3.63, 3.8) is 0 Å². The summed E-state index contributed by atoms with van der Waals surface area (Å²) in [5, 5.41) is 6.66. The van der Waals surface area contributed by atoms with Crippen LogP contribution in [0.4, 0.5) is 0 Å². The highest BCUT2D eigenvalue weighted by molar-refractivity contribution is 7.89. The van der Waals surface area contributed by atoms with Crippen LogP contribution in [0.5, 0.6) is 0 Å². The van der Waals surface area contributed by atoms with Gasteiger partial charge in [-0.3, -0.25) is 5.10 Å². The maximum absolute atomic E-state index is 12.7. The summed E-state index contributed by atoms with van der Waals surface area (Å²) in [5.41, 5.74) is 0.957. The van der Waals surface area contributed by atoms with E-state index in [0.29, 0.717) is 23.9 Å². The second-order valence-electron chi connectivity index (χ2n) is 5.02. The van der Waals surface area contributed by atoms with E-state index in [1.807, 2.05) is 6.92 Å². The third kappa shape index (κ3) is 2.17. The largest absolute Gasteiger partial charge is 0.281 e. The summed E-state index contributed by atoms with van der Waals surface area (Å²) in [6, 6.07) is 0.0301. The van der Waals surface area contributed by atoms with E-state index in [1.54, 1.807) is 11.2 Å². The van der Waals surface area contributed by atoms with Crippen molar-refractivity contribution in [1.82, 2.24) is 14.5 Å². The van der Waals surface area contributed by atoms with Crippen LogP contribution in [0.1, 0.15) is 31.7 Å². The Hall–Kier alpha value is -0.590. The highest BCUT2D eigenvalue weighted by atomic mass is 35.5. The van der Waals surface area contributed by atoms with Gasteiger partial charge >= 0.3 is 0 Å². The van der Waals surface area contributed by atoms with Gasteiger partial charge in [-0.05, 0) is 26.2 Å². The van der Waals surface area contributed by atoms with Crippen LogP contribution < -0.4 is 0 Å². The van der Waals surface area contributed by atoms with Gasteiger partial charge in [-0.1, -0.05) is 6.92 Å². The minimum atomic E-state index is -3.50. The first kappa shape index (κ1) is 13.8. The summed E-state index contributed by atoms with van der Waals surface area (Å²) in [7, 11) is -3.50. The van der Waals surface area contributed by atoms with Gasteiger partial charge in [0.05, 0.1) is 17.3 Å². The number of halogens is 1. The smallest absolute Gasteiger partial charge is 0.247 e. The van der Waals surface area contributed by atoms with E-state index >= 15 is 0 Å². The molecule has 102 valence electrons. The molecule has 1 aliphatic rings. The molecule has 0 aliphatic carbocycles. The molecule has 1 aromatic rings. The molecule has 0 bridgehead atoms. The van der Waals surface area contributed by atoms with Gasteiger partial charge < -0.3 is 0 Å². The number of aromatic nitrogens is 2. The van der Waals surface area contributed by atoms with Crippen LogP contribution in [-0.4, -0.2) is 35.5 Å². The highest BCUT2D eigenvalue weighted by Crippen LogP contribution is 2.31. The van der Waals surface area contributed by atoms with Gasteiger partial charge in [0.25, 0.3) is 0 Å². The van der Waals surface area contributed by atoms with E-state index in [-0.39, 0.29) is 16.8 Å². The first-order chi connectivity index (χ1) is 8.37. The van der Waals surface area contributed by atoms with E-state index in [4.69, 9.17) is 11.6 Å². The number of alkyl halides is 1. The topological polar surface area (TPSA) is 66.1 Å². The lowest BCUT2D eigenvalue weighted by molar-refractivity contribution is 0.405. The molecular formula is C11H18ClN3O2S. The Balaban J connectivity index is 2.45. The second kappa shape index (κ2) is 4.83. The molecule has 1 saturated heterocycles. The van der Waals surface area contributed by atoms with Crippen molar-refractivity contribution in [2.45, 2.75) is 44.0 Å². The molecule has 0 amide bonds. The molecule has 0 spiro atoms. The van der Waals surface area contributed by atoms with Crippen LogP contribution in [0.2, 0.25) is 0 Å². The van der Waals surface area contributed by atoms with E-state index in [1.165, 1.54) is 0 Å². The van der Waals surface area contributed by atoms with Crippen LogP contribution in [0.3, 0.4) is 0 Å². The van der Waals surface area contributed by atoms with Crippen molar-refractivity contribution < 1.29 is 8.42 Å². The zero-order chi connectivity index (χ0) is 13.5. The standard InChI is InChI=1S/C11H18ClN3O2S/c1-7-4-8(2)15(6-7)18(16,17)11-9(3)13-14-10(11)5-12/h7-8H,4-6H2,1-3H3,(H,13,14). The Kier molecular flexibility index (Phi) is 3.71. The maximum Gasteiger partial charge on any atom is 0.247 e. The minimum absolute atomic E-state index is 0.0301. The number of aryl methyl sites for hydroxylation is 1. The number of sulfonamides is 1. The lowest BCUT2D eigenvalue weighted by Crippen LogP contribution is -2.34. The third-order valence-electron chi connectivity index (χ3n) is 3.38. The zero-order valence-electron chi connectivity index (χ0n) is 10.8. The van der Waals surface area contributed by atoms with Gasteiger partial charge in [0, 0.05) is 12.6 Å². The van der Waals surface area contributed by atoms with Crippen molar-refractivity contribution in [2.24, 2.45) is 5.92 Å². The molecule has 2 atom stereocenters. The Morgan fingerprint density at radius 3 is 2.67 bits per heavy atom. The van der Waals surface area contributed by atoms with Gasteiger partial charge in [0.15, 0.2) is 0 Å². The normalized spacial score (nSPS) is 25.8. The second-order valence-corrected chi connectivity index (χ2v) is 7.12. The number of nitrogens with zero attached hydrogens (tertiary/aromatic N) is 2. The van der Waals surface area contributed by atoms with Crippen LogP contribution in [0.15, 0.2) is 4.90 Å².